The Morgan fingerprint density at radius 1 is 1.00 bits per heavy atom. The monoisotopic (exact) mass is 381 g/mol. The van der Waals surface area contributed by atoms with E-state index in [0.29, 0.717) is 21.6 Å². The van der Waals surface area contributed by atoms with Gasteiger partial charge in [-0.3, -0.25) is 4.79 Å². The number of hydrogen-bond acceptors (Lipinski definition) is 2. The Morgan fingerprint density at radius 2 is 1.67 bits per heavy atom. The molecule has 0 aromatic heterocycles. The Kier molecular flexibility index (Phi) is 5.39. The maximum Gasteiger partial charge on any atom is 0.134 e. The van der Waals surface area contributed by atoms with Crippen LogP contribution in [0, 0.1) is 5.92 Å². The first-order valence-electron chi connectivity index (χ1n) is 7.93. The smallest absolute Gasteiger partial charge is 0.134 e. The number of Topliss-reactive ketones (excluding diaryl/α,β-unsaturated/α-hetero) is 1. The molecule has 0 unspecified atom stereocenters. The molecule has 24 heavy (non-hydrogen) atoms. The van der Waals surface area contributed by atoms with Gasteiger partial charge in [-0.1, -0.05) is 40.9 Å². The molecule has 1 heterocycles. The summed E-state index contributed by atoms with van der Waals surface area (Å²) >= 11 is 18.5. The first-order chi connectivity index (χ1) is 11.5. The van der Waals surface area contributed by atoms with Crippen LogP contribution in [-0.2, 0) is 4.79 Å². The van der Waals surface area contributed by atoms with Crippen molar-refractivity contribution in [2.24, 2.45) is 5.92 Å². The second-order valence-electron chi connectivity index (χ2n) is 6.20. The number of benzene rings is 2. The zero-order chi connectivity index (χ0) is 17.3. The predicted molar refractivity (Wildman–Crippen MR) is 101 cm³/mol. The quantitative estimate of drug-likeness (QED) is 0.630. The van der Waals surface area contributed by atoms with E-state index in [1.165, 1.54) is 0 Å². The number of piperidine rings is 1. The van der Waals surface area contributed by atoms with E-state index in [1.54, 1.807) is 13.0 Å². The lowest BCUT2D eigenvalue weighted by Crippen LogP contribution is -2.40. The number of rotatable bonds is 3. The molecule has 0 saturated carbocycles. The van der Waals surface area contributed by atoms with E-state index in [-0.39, 0.29) is 17.7 Å². The van der Waals surface area contributed by atoms with Crippen molar-refractivity contribution in [2.45, 2.75) is 25.8 Å². The lowest BCUT2D eigenvalue weighted by Gasteiger charge is -2.41. The summed E-state index contributed by atoms with van der Waals surface area (Å²) in [4.78, 5) is 14.1. The van der Waals surface area contributed by atoms with Gasteiger partial charge in [0.1, 0.15) is 5.78 Å². The standard InChI is InChI=1S/C19H18Cl3NO/c1-12(24)13-2-9-19(17-8-5-15(21)10-18(17)22)23(11-13)16-6-3-14(20)4-7-16/h3-8,10,13,19H,2,9,11H2,1H3/t13-,19+/m1/s1. The molecule has 0 aliphatic carbocycles. The van der Waals surface area contributed by atoms with Gasteiger partial charge in [0.05, 0.1) is 6.04 Å². The van der Waals surface area contributed by atoms with E-state index in [4.69, 9.17) is 34.8 Å². The van der Waals surface area contributed by atoms with Crippen LogP contribution in [-0.4, -0.2) is 12.3 Å². The molecule has 3 rings (SSSR count). The Labute approximate surface area is 157 Å². The van der Waals surface area contributed by atoms with Gasteiger partial charge in [0, 0.05) is 33.2 Å². The molecular formula is C19H18Cl3NO. The Hall–Kier alpha value is -1.22. The second kappa shape index (κ2) is 7.35. The van der Waals surface area contributed by atoms with Gasteiger partial charge in [-0.2, -0.15) is 0 Å². The Morgan fingerprint density at radius 3 is 2.29 bits per heavy atom. The number of anilines is 1. The summed E-state index contributed by atoms with van der Waals surface area (Å²) in [6.45, 7) is 2.35. The molecule has 0 N–H and O–H groups in total. The molecule has 0 bridgehead atoms. The molecular weight excluding hydrogens is 365 g/mol. The van der Waals surface area contributed by atoms with Crippen LogP contribution >= 0.6 is 34.8 Å². The van der Waals surface area contributed by atoms with Crippen LogP contribution in [0.3, 0.4) is 0 Å². The van der Waals surface area contributed by atoms with Gasteiger partial charge in [0.2, 0.25) is 0 Å². The maximum absolute atomic E-state index is 11.9. The number of carbonyl (C=O) groups excluding carboxylic acids is 1. The first kappa shape index (κ1) is 17.6. The molecule has 0 amide bonds. The molecule has 0 radical (unpaired) electrons. The van der Waals surface area contributed by atoms with Gasteiger partial charge in [-0.15, -0.1) is 0 Å². The van der Waals surface area contributed by atoms with Gasteiger partial charge in [0.25, 0.3) is 0 Å². The molecule has 1 aliphatic heterocycles. The Bertz CT molecular complexity index is 745. The normalized spacial score (nSPS) is 20.9. The van der Waals surface area contributed by atoms with Crippen LogP contribution in [0.2, 0.25) is 15.1 Å². The fraction of sp³-hybridized carbons (Fsp3) is 0.316. The van der Waals surface area contributed by atoms with Gasteiger partial charge >= 0.3 is 0 Å². The minimum atomic E-state index is 0.0444. The highest BCUT2D eigenvalue weighted by Gasteiger charge is 2.32. The van der Waals surface area contributed by atoms with Gasteiger partial charge < -0.3 is 4.90 Å². The van der Waals surface area contributed by atoms with Gasteiger partial charge in [-0.05, 0) is 61.7 Å². The number of halogens is 3. The Balaban J connectivity index is 1.99. The zero-order valence-corrected chi connectivity index (χ0v) is 15.6. The number of hydrogen-bond donors (Lipinski definition) is 0. The fourth-order valence-electron chi connectivity index (χ4n) is 3.32. The zero-order valence-electron chi connectivity index (χ0n) is 13.3. The van der Waals surface area contributed by atoms with Crippen molar-refractivity contribution in [1.29, 1.82) is 0 Å². The van der Waals surface area contributed by atoms with E-state index in [9.17, 15) is 4.79 Å². The summed E-state index contributed by atoms with van der Waals surface area (Å²) < 4.78 is 0. The average molecular weight is 383 g/mol. The number of carbonyl (C=O) groups is 1. The molecule has 2 atom stereocenters. The average Bonchev–Trinajstić information content (AvgIpc) is 2.55. The maximum atomic E-state index is 11.9. The molecule has 2 aromatic rings. The third kappa shape index (κ3) is 3.72. The van der Waals surface area contributed by atoms with Crippen LogP contribution in [0.4, 0.5) is 5.69 Å². The van der Waals surface area contributed by atoms with Crippen molar-refractivity contribution in [3.63, 3.8) is 0 Å². The van der Waals surface area contributed by atoms with E-state index in [2.05, 4.69) is 4.90 Å². The van der Waals surface area contributed by atoms with E-state index in [0.717, 1.165) is 24.1 Å². The van der Waals surface area contributed by atoms with Gasteiger partial charge in [0.15, 0.2) is 0 Å². The largest absolute Gasteiger partial charge is 0.364 e. The minimum Gasteiger partial charge on any atom is -0.364 e. The molecule has 1 aliphatic rings. The van der Waals surface area contributed by atoms with Crippen molar-refractivity contribution in [3.8, 4) is 0 Å². The second-order valence-corrected chi connectivity index (χ2v) is 7.48. The van der Waals surface area contributed by atoms with Crippen LogP contribution < -0.4 is 4.90 Å². The highest BCUT2D eigenvalue weighted by molar-refractivity contribution is 6.35. The minimum absolute atomic E-state index is 0.0444. The summed E-state index contributed by atoms with van der Waals surface area (Å²) in [5.41, 5.74) is 2.08. The summed E-state index contributed by atoms with van der Waals surface area (Å²) in [5.74, 6) is 0.276. The number of nitrogens with zero attached hydrogens (tertiary/aromatic N) is 1. The molecule has 1 saturated heterocycles. The highest BCUT2D eigenvalue weighted by atomic mass is 35.5. The van der Waals surface area contributed by atoms with E-state index in [1.807, 2.05) is 36.4 Å². The molecule has 2 nitrogen and oxygen atoms in total. The molecule has 126 valence electrons. The fourth-order valence-corrected chi connectivity index (χ4v) is 3.98. The lowest BCUT2D eigenvalue weighted by atomic mass is 9.86. The van der Waals surface area contributed by atoms with Crippen molar-refractivity contribution in [2.75, 3.05) is 11.4 Å². The van der Waals surface area contributed by atoms with E-state index < -0.39 is 0 Å². The third-order valence-corrected chi connectivity index (χ3v) is 5.45. The SMILES string of the molecule is CC(=O)[C@@H]1CC[C@@H](c2ccc(Cl)cc2Cl)N(c2ccc(Cl)cc2)C1. The highest BCUT2D eigenvalue weighted by Crippen LogP contribution is 2.40. The molecule has 1 fully saturated rings. The van der Waals surface area contributed by atoms with Crippen molar-refractivity contribution < 1.29 is 4.79 Å². The molecule has 2 aromatic carbocycles. The topological polar surface area (TPSA) is 20.3 Å². The third-order valence-electron chi connectivity index (χ3n) is 4.64. The van der Waals surface area contributed by atoms with Crippen molar-refractivity contribution in [1.82, 2.24) is 0 Å². The molecule has 0 spiro atoms. The molecule has 5 heteroatoms. The lowest BCUT2D eigenvalue weighted by molar-refractivity contribution is -0.121. The van der Waals surface area contributed by atoms with E-state index >= 15 is 0 Å². The summed E-state index contributed by atoms with van der Waals surface area (Å²) in [5, 5.41) is 1.98. The van der Waals surface area contributed by atoms with Crippen LogP contribution in [0.15, 0.2) is 42.5 Å². The predicted octanol–water partition coefficient (Wildman–Crippen LogP) is 6.19. The first-order valence-corrected chi connectivity index (χ1v) is 9.06. The van der Waals surface area contributed by atoms with Gasteiger partial charge in [-0.25, -0.2) is 0 Å². The summed E-state index contributed by atoms with van der Waals surface area (Å²) in [6.07, 6.45) is 1.73. The number of ketones is 1. The van der Waals surface area contributed by atoms with Crippen molar-refractivity contribution >= 4 is 46.3 Å². The van der Waals surface area contributed by atoms with Crippen LogP contribution in [0.1, 0.15) is 31.4 Å². The summed E-state index contributed by atoms with van der Waals surface area (Å²) in [7, 11) is 0. The van der Waals surface area contributed by atoms with Crippen LogP contribution in [0.5, 0.6) is 0 Å². The summed E-state index contributed by atoms with van der Waals surface area (Å²) in [6, 6.07) is 13.4. The van der Waals surface area contributed by atoms with Crippen molar-refractivity contribution in [3.05, 3.63) is 63.1 Å². The van der Waals surface area contributed by atoms with Crippen LogP contribution in [0.25, 0.3) is 0 Å².